The maximum Gasteiger partial charge on any atom is 0.262 e. The highest BCUT2D eigenvalue weighted by Crippen LogP contribution is 2.41. The Hall–Kier alpha value is -6.16. The number of ether oxygens (including phenoxy) is 6. The van der Waals surface area contributed by atoms with Gasteiger partial charge in [0.25, 0.3) is 11.8 Å². The summed E-state index contributed by atoms with van der Waals surface area (Å²) in [5.74, 6) is 0.0836. The van der Waals surface area contributed by atoms with E-state index in [4.69, 9.17) is 40.0 Å². The Labute approximate surface area is 460 Å². The Kier molecular flexibility index (Phi) is 25.2. The lowest BCUT2D eigenvalue weighted by molar-refractivity contribution is -0.118. The number of pyridine rings is 1. The molecule has 0 saturated heterocycles. The molecule has 76 heavy (non-hydrogen) atoms. The zero-order valence-corrected chi connectivity index (χ0v) is 46.0. The van der Waals surface area contributed by atoms with E-state index in [1.54, 1.807) is 25.1 Å². The van der Waals surface area contributed by atoms with Crippen molar-refractivity contribution in [1.29, 1.82) is 5.26 Å². The van der Waals surface area contributed by atoms with Crippen LogP contribution in [0.15, 0.2) is 119 Å². The molecule has 0 saturated carbocycles. The van der Waals surface area contributed by atoms with Gasteiger partial charge in [-0.15, -0.1) is 0 Å². The van der Waals surface area contributed by atoms with Crippen LogP contribution in [0.2, 0.25) is 5.02 Å². The Morgan fingerprint density at radius 3 is 2.05 bits per heavy atom. The Bertz CT molecular complexity index is 2670. The van der Waals surface area contributed by atoms with E-state index in [1.807, 2.05) is 103 Å². The van der Waals surface area contributed by atoms with Crippen molar-refractivity contribution in [3.05, 3.63) is 147 Å². The first-order valence-corrected chi connectivity index (χ1v) is 27.2. The molecule has 5 aromatic rings. The minimum Gasteiger partial charge on any atom is -0.491 e. The molecular formula is C59H70BrClN6O9. The number of unbranched alkanes of at least 4 members (excludes halogenated alkanes) is 2. The minimum atomic E-state index is -0.450. The predicted octanol–water partition coefficient (Wildman–Crippen LogP) is 11.1. The van der Waals surface area contributed by atoms with Crippen LogP contribution < -0.4 is 25.6 Å². The van der Waals surface area contributed by atoms with Gasteiger partial charge in [-0.05, 0) is 156 Å². The first-order chi connectivity index (χ1) is 37.0. The molecule has 1 aromatic heterocycles. The van der Waals surface area contributed by atoms with Crippen LogP contribution in [0.4, 0.5) is 11.4 Å². The van der Waals surface area contributed by atoms with Crippen molar-refractivity contribution in [1.82, 2.24) is 15.6 Å². The molecule has 17 heteroatoms. The molecule has 1 aliphatic heterocycles. The summed E-state index contributed by atoms with van der Waals surface area (Å²) in [6.07, 6.45) is 6.65. The Balaban J connectivity index is 0.731. The largest absolute Gasteiger partial charge is 0.491 e. The van der Waals surface area contributed by atoms with Crippen LogP contribution >= 0.6 is 27.5 Å². The number of nitriles is 1. The van der Waals surface area contributed by atoms with E-state index in [9.17, 15) is 19.6 Å². The van der Waals surface area contributed by atoms with Crippen molar-refractivity contribution >= 4 is 62.7 Å². The Morgan fingerprint density at radius 2 is 1.42 bits per heavy atom. The van der Waals surface area contributed by atoms with E-state index in [1.165, 1.54) is 6.08 Å². The van der Waals surface area contributed by atoms with Crippen molar-refractivity contribution < 1.29 is 42.8 Å². The molecule has 15 nitrogen and oxygen atoms in total. The average molecular weight is 1120 g/mol. The summed E-state index contributed by atoms with van der Waals surface area (Å²) in [4.78, 5) is 44.7. The number of aromatic nitrogens is 1. The molecule has 404 valence electrons. The number of rotatable bonds is 32. The third-order valence-corrected chi connectivity index (χ3v) is 13.2. The summed E-state index contributed by atoms with van der Waals surface area (Å²) in [5, 5.41) is 19.9. The van der Waals surface area contributed by atoms with Gasteiger partial charge in [-0.1, -0.05) is 61.3 Å². The van der Waals surface area contributed by atoms with Gasteiger partial charge in [0.2, 0.25) is 5.91 Å². The highest BCUT2D eigenvalue weighted by atomic mass is 79.9. The number of nitrogens with one attached hydrogen (secondary N) is 3. The summed E-state index contributed by atoms with van der Waals surface area (Å²) in [6.45, 7) is 11.5. The molecule has 0 aliphatic carbocycles. The molecule has 0 bridgehead atoms. The lowest BCUT2D eigenvalue weighted by atomic mass is 9.88. The number of amides is 3. The highest BCUT2D eigenvalue weighted by molar-refractivity contribution is 9.10. The Morgan fingerprint density at radius 1 is 0.789 bits per heavy atom. The molecule has 4 aromatic carbocycles. The van der Waals surface area contributed by atoms with Crippen LogP contribution in [0, 0.1) is 11.3 Å². The molecule has 3 N–H and O–H groups in total. The molecule has 0 unspecified atom stereocenters. The maximum absolute atomic E-state index is 13.0. The highest BCUT2D eigenvalue weighted by Gasteiger charge is 2.33. The molecule has 0 radical (unpaired) electrons. The van der Waals surface area contributed by atoms with Crippen LogP contribution in [0.5, 0.6) is 5.75 Å². The summed E-state index contributed by atoms with van der Waals surface area (Å²) < 4.78 is 34.8. The maximum atomic E-state index is 13.0. The van der Waals surface area contributed by atoms with E-state index >= 15 is 0 Å². The van der Waals surface area contributed by atoms with Gasteiger partial charge in [0, 0.05) is 54.7 Å². The smallest absolute Gasteiger partial charge is 0.262 e. The van der Waals surface area contributed by atoms with E-state index in [2.05, 4.69) is 49.9 Å². The zero-order chi connectivity index (χ0) is 53.9. The second-order valence-corrected chi connectivity index (χ2v) is 19.4. The minimum absolute atomic E-state index is 0.00901. The number of fused-ring (bicyclic) bond motifs is 1. The molecular weight excluding hydrogens is 1050 g/mol. The SMILES string of the molecule is CCC[C@H](NC(=O)/C(C#N)=C/c1cccc(Br)n1)c1ccc(OCCOCCOCCOCCCCCOCCOCCNC(=O)c2ccc(-c3ccc4c(c3)[C@H](Nc3ccc(Cl)cc3)C[C@H](C)N4C(C)=O)cc2)cc1. The quantitative estimate of drug-likeness (QED) is 0.0161. The number of carbonyl (C=O) groups excluding carboxylic acids is 3. The zero-order valence-electron chi connectivity index (χ0n) is 43.7. The number of anilines is 2. The van der Waals surface area contributed by atoms with Gasteiger partial charge in [0.05, 0.1) is 70.6 Å². The monoisotopic (exact) mass is 1120 g/mol. The molecule has 3 atom stereocenters. The lowest BCUT2D eigenvalue weighted by Crippen LogP contribution is -2.43. The third kappa shape index (κ3) is 19.4. The van der Waals surface area contributed by atoms with Crippen LogP contribution in [-0.2, 0) is 33.3 Å². The van der Waals surface area contributed by atoms with E-state index < -0.39 is 5.91 Å². The van der Waals surface area contributed by atoms with Gasteiger partial charge in [0.1, 0.15) is 28.6 Å². The number of carbonyl (C=O) groups is 3. The second kappa shape index (κ2) is 32.4. The molecule has 0 spiro atoms. The van der Waals surface area contributed by atoms with Gasteiger partial charge in [-0.2, -0.15) is 5.26 Å². The fourth-order valence-corrected chi connectivity index (χ4v) is 9.16. The van der Waals surface area contributed by atoms with Gasteiger partial charge in [-0.25, -0.2) is 4.98 Å². The van der Waals surface area contributed by atoms with E-state index in [-0.39, 0.29) is 35.5 Å². The van der Waals surface area contributed by atoms with E-state index in [0.29, 0.717) is 112 Å². The van der Waals surface area contributed by atoms with Crippen molar-refractivity contribution in [2.24, 2.45) is 0 Å². The van der Waals surface area contributed by atoms with E-state index in [0.717, 1.165) is 65.7 Å². The van der Waals surface area contributed by atoms with Gasteiger partial charge in [0.15, 0.2) is 0 Å². The van der Waals surface area contributed by atoms with Crippen molar-refractivity contribution in [3.8, 4) is 22.9 Å². The second-order valence-electron chi connectivity index (χ2n) is 18.2. The number of benzene rings is 4. The van der Waals surface area contributed by atoms with Crippen LogP contribution in [-0.4, -0.2) is 108 Å². The number of hydrogen-bond acceptors (Lipinski definition) is 12. The fourth-order valence-electron chi connectivity index (χ4n) is 8.67. The lowest BCUT2D eigenvalue weighted by Gasteiger charge is -2.39. The summed E-state index contributed by atoms with van der Waals surface area (Å²) in [5.41, 5.74) is 6.84. The standard InChI is InChI=1S/C59H70BrClN6O9/c1-4-9-54(66-59(70)48(41-62)39-51-10-8-11-57(60)65-51)45-16-23-52(24-17-45)76-37-36-75-35-34-74-33-31-72-28-7-5-6-27-71-30-32-73-29-26-63-58(69)46-14-12-44(13-15-46)47-18-25-56-53(40-47)55(38-42(2)67(56)43(3)68)64-50-21-19-49(61)20-22-50/h8,10-25,39-40,42,54-55,64H,4-7,9,26-38H2,1-3H3,(H,63,69)(H,66,70)/b48-39+/t42-,54-,55+/m0/s1. The number of hydrogen-bond donors (Lipinski definition) is 3. The first-order valence-electron chi connectivity index (χ1n) is 26.0. The molecule has 1 aliphatic rings. The van der Waals surface area contributed by atoms with Crippen molar-refractivity contribution in [2.45, 2.75) is 77.4 Å². The molecule has 0 fully saturated rings. The molecule has 2 heterocycles. The van der Waals surface area contributed by atoms with Crippen LogP contribution in [0.25, 0.3) is 17.2 Å². The summed E-state index contributed by atoms with van der Waals surface area (Å²) >= 11 is 9.45. The predicted molar refractivity (Wildman–Crippen MR) is 300 cm³/mol. The number of nitrogens with zero attached hydrogens (tertiary/aromatic N) is 3. The van der Waals surface area contributed by atoms with Crippen molar-refractivity contribution in [3.63, 3.8) is 0 Å². The fraction of sp³-hybridized carbons (Fsp3) is 0.407. The number of halogens is 2. The third-order valence-electron chi connectivity index (χ3n) is 12.5. The van der Waals surface area contributed by atoms with Crippen LogP contribution in [0.3, 0.4) is 0 Å². The summed E-state index contributed by atoms with van der Waals surface area (Å²) in [6, 6.07) is 36.0. The van der Waals surface area contributed by atoms with Gasteiger partial charge >= 0.3 is 0 Å². The average Bonchev–Trinajstić information content (AvgIpc) is 3.43. The molecule has 3 amide bonds. The topological polar surface area (TPSA) is 183 Å². The van der Waals surface area contributed by atoms with Gasteiger partial charge < -0.3 is 49.3 Å². The van der Waals surface area contributed by atoms with Gasteiger partial charge in [-0.3, -0.25) is 14.4 Å². The summed E-state index contributed by atoms with van der Waals surface area (Å²) in [7, 11) is 0. The van der Waals surface area contributed by atoms with Crippen LogP contribution in [0.1, 0.15) is 98.6 Å². The first kappa shape index (κ1) is 59.1. The molecule has 6 rings (SSSR count). The van der Waals surface area contributed by atoms with Crippen molar-refractivity contribution in [2.75, 3.05) is 89.4 Å². The normalized spacial score (nSPS) is 14.6.